The summed E-state index contributed by atoms with van der Waals surface area (Å²) in [6.07, 6.45) is 0. The zero-order chi connectivity index (χ0) is 12.3. The molecular weight excluding hydrogens is 259 g/mol. The summed E-state index contributed by atoms with van der Waals surface area (Å²) in [5, 5.41) is 8.33. The SMILES string of the molecule is Cc1cc(CNCc2cc(Cl)cc(Cl)c2)on1. The summed E-state index contributed by atoms with van der Waals surface area (Å²) in [7, 11) is 0. The first-order chi connectivity index (χ1) is 8.13. The monoisotopic (exact) mass is 270 g/mol. The van der Waals surface area contributed by atoms with Gasteiger partial charge < -0.3 is 9.84 Å². The quantitative estimate of drug-likeness (QED) is 0.923. The van der Waals surface area contributed by atoms with E-state index in [4.69, 9.17) is 27.7 Å². The van der Waals surface area contributed by atoms with Crippen molar-refractivity contribution in [1.29, 1.82) is 0 Å². The molecular formula is C12H12Cl2N2O. The normalized spacial score (nSPS) is 10.8. The summed E-state index contributed by atoms with van der Waals surface area (Å²) in [6, 6.07) is 7.38. The molecule has 0 spiro atoms. The minimum absolute atomic E-state index is 0.630. The lowest BCUT2D eigenvalue weighted by Gasteiger charge is -2.04. The van der Waals surface area contributed by atoms with Crippen molar-refractivity contribution in [2.24, 2.45) is 0 Å². The van der Waals surface area contributed by atoms with Crippen LogP contribution in [0, 0.1) is 6.92 Å². The van der Waals surface area contributed by atoms with E-state index in [1.165, 1.54) is 0 Å². The van der Waals surface area contributed by atoms with Gasteiger partial charge in [-0.05, 0) is 30.7 Å². The number of nitrogens with one attached hydrogen (secondary N) is 1. The van der Waals surface area contributed by atoms with Gasteiger partial charge in [0.25, 0.3) is 0 Å². The van der Waals surface area contributed by atoms with Crippen molar-refractivity contribution in [1.82, 2.24) is 10.5 Å². The van der Waals surface area contributed by atoms with Gasteiger partial charge in [0.1, 0.15) is 0 Å². The summed E-state index contributed by atoms with van der Waals surface area (Å²) >= 11 is 11.8. The minimum atomic E-state index is 0.630. The van der Waals surface area contributed by atoms with Crippen LogP contribution in [0.3, 0.4) is 0 Å². The van der Waals surface area contributed by atoms with Crippen molar-refractivity contribution in [3.8, 4) is 0 Å². The first-order valence-electron chi connectivity index (χ1n) is 5.21. The molecule has 0 unspecified atom stereocenters. The second-order valence-corrected chi connectivity index (χ2v) is 4.69. The molecule has 90 valence electrons. The topological polar surface area (TPSA) is 38.1 Å². The number of hydrogen-bond donors (Lipinski definition) is 1. The van der Waals surface area contributed by atoms with Crippen molar-refractivity contribution >= 4 is 23.2 Å². The molecule has 0 bridgehead atoms. The molecule has 0 fully saturated rings. The van der Waals surface area contributed by atoms with Crippen molar-refractivity contribution < 1.29 is 4.52 Å². The first kappa shape index (κ1) is 12.4. The predicted octanol–water partition coefficient (Wildman–Crippen LogP) is 3.58. The van der Waals surface area contributed by atoms with Crippen LogP contribution in [0.2, 0.25) is 10.0 Å². The maximum absolute atomic E-state index is 5.91. The summed E-state index contributed by atoms with van der Waals surface area (Å²) in [5.74, 6) is 0.815. The van der Waals surface area contributed by atoms with E-state index in [1.807, 2.05) is 25.1 Å². The summed E-state index contributed by atoms with van der Waals surface area (Å²) < 4.78 is 5.09. The van der Waals surface area contributed by atoms with Crippen LogP contribution in [0.15, 0.2) is 28.8 Å². The molecule has 0 aliphatic carbocycles. The highest BCUT2D eigenvalue weighted by Gasteiger charge is 2.01. The van der Waals surface area contributed by atoms with E-state index in [0.29, 0.717) is 23.1 Å². The molecule has 1 aromatic carbocycles. The van der Waals surface area contributed by atoms with Crippen molar-refractivity contribution in [3.05, 3.63) is 51.3 Å². The first-order valence-corrected chi connectivity index (χ1v) is 5.97. The van der Waals surface area contributed by atoms with Crippen LogP contribution in [-0.2, 0) is 13.1 Å². The third-order valence-electron chi connectivity index (χ3n) is 2.23. The standard InChI is InChI=1S/C12H12Cl2N2O/c1-8-2-12(17-16-8)7-15-6-9-3-10(13)5-11(14)4-9/h2-5,15H,6-7H2,1H3. The van der Waals surface area contributed by atoms with Gasteiger partial charge >= 0.3 is 0 Å². The van der Waals surface area contributed by atoms with Crippen LogP contribution in [0.5, 0.6) is 0 Å². The third kappa shape index (κ3) is 3.73. The van der Waals surface area contributed by atoms with Crippen molar-refractivity contribution in [2.75, 3.05) is 0 Å². The molecule has 1 N–H and O–H groups in total. The molecule has 0 saturated heterocycles. The molecule has 1 aromatic heterocycles. The number of halogens is 2. The van der Waals surface area contributed by atoms with Gasteiger partial charge in [0.05, 0.1) is 12.2 Å². The number of benzene rings is 1. The predicted molar refractivity (Wildman–Crippen MR) is 68.2 cm³/mol. The third-order valence-corrected chi connectivity index (χ3v) is 2.66. The van der Waals surface area contributed by atoms with E-state index in [-0.39, 0.29) is 0 Å². The lowest BCUT2D eigenvalue weighted by atomic mass is 10.2. The molecule has 0 amide bonds. The maximum Gasteiger partial charge on any atom is 0.150 e. The number of aromatic nitrogens is 1. The zero-order valence-corrected chi connectivity index (χ0v) is 10.8. The molecule has 0 aliphatic heterocycles. The fraction of sp³-hybridized carbons (Fsp3) is 0.250. The average Bonchev–Trinajstić information content (AvgIpc) is 2.63. The Morgan fingerprint density at radius 2 is 1.82 bits per heavy atom. The molecule has 5 heteroatoms. The second-order valence-electron chi connectivity index (χ2n) is 3.82. The van der Waals surface area contributed by atoms with Crippen molar-refractivity contribution in [2.45, 2.75) is 20.0 Å². The van der Waals surface area contributed by atoms with Crippen LogP contribution in [0.4, 0.5) is 0 Å². The maximum atomic E-state index is 5.91. The van der Waals surface area contributed by atoms with Crippen LogP contribution < -0.4 is 5.32 Å². The Kier molecular flexibility index (Phi) is 4.05. The zero-order valence-electron chi connectivity index (χ0n) is 9.34. The number of rotatable bonds is 4. The number of hydrogen-bond acceptors (Lipinski definition) is 3. The largest absolute Gasteiger partial charge is 0.360 e. The Bertz CT molecular complexity index is 491. The van der Waals surface area contributed by atoms with Crippen LogP contribution >= 0.6 is 23.2 Å². The van der Waals surface area contributed by atoms with Crippen LogP contribution in [0.1, 0.15) is 17.0 Å². The smallest absolute Gasteiger partial charge is 0.150 e. The van der Waals surface area contributed by atoms with E-state index in [9.17, 15) is 0 Å². The minimum Gasteiger partial charge on any atom is -0.360 e. The summed E-state index contributed by atoms with van der Waals surface area (Å²) in [5.41, 5.74) is 1.92. The fourth-order valence-electron chi connectivity index (χ4n) is 1.54. The molecule has 1 heterocycles. The molecule has 0 radical (unpaired) electrons. The van der Waals surface area contributed by atoms with Gasteiger partial charge in [-0.2, -0.15) is 0 Å². The summed E-state index contributed by atoms with van der Waals surface area (Å²) in [6.45, 7) is 3.20. The molecule has 2 aromatic rings. The Labute approximate surface area is 110 Å². The summed E-state index contributed by atoms with van der Waals surface area (Å²) in [4.78, 5) is 0. The van der Waals surface area contributed by atoms with Gasteiger partial charge in [0, 0.05) is 22.7 Å². The second kappa shape index (κ2) is 5.54. The van der Waals surface area contributed by atoms with E-state index < -0.39 is 0 Å². The highest BCUT2D eigenvalue weighted by molar-refractivity contribution is 6.34. The lowest BCUT2D eigenvalue weighted by molar-refractivity contribution is 0.369. The highest BCUT2D eigenvalue weighted by atomic mass is 35.5. The molecule has 0 atom stereocenters. The molecule has 0 saturated carbocycles. The lowest BCUT2D eigenvalue weighted by Crippen LogP contribution is -2.12. The Morgan fingerprint density at radius 1 is 1.12 bits per heavy atom. The van der Waals surface area contributed by atoms with Crippen LogP contribution in [0.25, 0.3) is 0 Å². The van der Waals surface area contributed by atoms with Crippen molar-refractivity contribution in [3.63, 3.8) is 0 Å². The van der Waals surface area contributed by atoms with Gasteiger partial charge in [-0.15, -0.1) is 0 Å². The molecule has 17 heavy (non-hydrogen) atoms. The van der Waals surface area contributed by atoms with E-state index >= 15 is 0 Å². The Balaban J connectivity index is 1.89. The molecule has 2 rings (SSSR count). The van der Waals surface area contributed by atoms with Gasteiger partial charge in [0.15, 0.2) is 5.76 Å². The van der Waals surface area contributed by atoms with Gasteiger partial charge in [-0.1, -0.05) is 28.4 Å². The fourth-order valence-corrected chi connectivity index (χ4v) is 2.11. The van der Waals surface area contributed by atoms with E-state index in [2.05, 4.69) is 10.5 Å². The molecule has 3 nitrogen and oxygen atoms in total. The van der Waals surface area contributed by atoms with Gasteiger partial charge in [-0.25, -0.2) is 0 Å². The Hall–Kier alpha value is -1.03. The Morgan fingerprint density at radius 3 is 2.41 bits per heavy atom. The highest BCUT2D eigenvalue weighted by Crippen LogP contribution is 2.18. The van der Waals surface area contributed by atoms with Gasteiger partial charge in [0.2, 0.25) is 0 Å². The molecule has 0 aliphatic rings. The number of nitrogens with zero attached hydrogens (tertiary/aromatic N) is 1. The van der Waals surface area contributed by atoms with E-state index in [0.717, 1.165) is 17.0 Å². The number of aryl methyl sites for hydroxylation is 1. The average molecular weight is 271 g/mol. The van der Waals surface area contributed by atoms with Crippen LogP contribution in [-0.4, -0.2) is 5.16 Å². The van der Waals surface area contributed by atoms with Gasteiger partial charge in [-0.3, -0.25) is 0 Å². The van der Waals surface area contributed by atoms with E-state index in [1.54, 1.807) is 6.07 Å².